The van der Waals surface area contributed by atoms with Gasteiger partial charge in [0.25, 0.3) is 0 Å². The molecule has 0 fully saturated rings. The van der Waals surface area contributed by atoms with Crippen molar-refractivity contribution in [2.75, 3.05) is 0 Å². The zero-order valence-electron chi connectivity index (χ0n) is 10.1. The van der Waals surface area contributed by atoms with Crippen LogP contribution in [-0.2, 0) is 12.3 Å². The molecule has 0 aromatic heterocycles. The Morgan fingerprint density at radius 2 is 1.83 bits per heavy atom. The van der Waals surface area contributed by atoms with Crippen LogP contribution in [0.3, 0.4) is 0 Å². The highest BCUT2D eigenvalue weighted by Gasteiger charge is 2.05. The van der Waals surface area contributed by atoms with Crippen molar-refractivity contribution in [3.8, 4) is 11.5 Å². The molecule has 0 saturated heterocycles. The number of benzene rings is 2. The molecule has 2 aromatic carbocycles. The molecule has 94 valence electrons. The monoisotopic (exact) mass is 324 g/mol. The average Bonchev–Trinajstić information content (AvgIpc) is 2.41. The Morgan fingerprint density at radius 1 is 1.11 bits per heavy atom. The summed E-state index contributed by atoms with van der Waals surface area (Å²) in [6.07, 6.45) is 1.03. The SMILES string of the molecule is CCc1ccc(Oc2ccc(Br)cc2CCl)cc1. The van der Waals surface area contributed by atoms with Crippen molar-refractivity contribution in [2.24, 2.45) is 0 Å². The molecule has 0 unspecified atom stereocenters. The van der Waals surface area contributed by atoms with Crippen LogP contribution in [0.25, 0.3) is 0 Å². The van der Waals surface area contributed by atoms with Crippen LogP contribution in [0.4, 0.5) is 0 Å². The van der Waals surface area contributed by atoms with Gasteiger partial charge in [0.2, 0.25) is 0 Å². The lowest BCUT2D eigenvalue weighted by atomic mass is 10.2. The summed E-state index contributed by atoms with van der Waals surface area (Å²) in [5.41, 5.74) is 2.28. The van der Waals surface area contributed by atoms with Gasteiger partial charge in [0.15, 0.2) is 0 Å². The highest BCUT2D eigenvalue weighted by atomic mass is 79.9. The quantitative estimate of drug-likeness (QED) is 0.670. The molecular weight excluding hydrogens is 312 g/mol. The Kier molecular flexibility index (Phi) is 4.67. The van der Waals surface area contributed by atoms with Crippen molar-refractivity contribution in [1.29, 1.82) is 0 Å². The zero-order chi connectivity index (χ0) is 13.0. The number of hydrogen-bond acceptors (Lipinski definition) is 1. The van der Waals surface area contributed by atoms with Gasteiger partial charge in [0.1, 0.15) is 11.5 Å². The van der Waals surface area contributed by atoms with Gasteiger partial charge in [-0.3, -0.25) is 0 Å². The molecule has 2 aromatic rings. The first-order valence-electron chi connectivity index (χ1n) is 5.84. The number of ether oxygens (including phenoxy) is 1. The van der Waals surface area contributed by atoms with Crippen molar-refractivity contribution in [3.05, 3.63) is 58.1 Å². The van der Waals surface area contributed by atoms with E-state index in [1.807, 2.05) is 30.3 Å². The molecule has 0 spiro atoms. The van der Waals surface area contributed by atoms with Gasteiger partial charge in [-0.25, -0.2) is 0 Å². The molecule has 0 amide bonds. The highest BCUT2D eigenvalue weighted by Crippen LogP contribution is 2.29. The van der Waals surface area contributed by atoms with Crippen molar-refractivity contribution in [2.45, 2.75) is 19.2 Å². The van der Waals surface area contributed by atoms with Crippen LogP contribution in [0.2, 0.25) is 0 Å². The minimum atomic E-state index is 0.432. The van der Waals surface area contributed by atoms with E-state index in [1.54, 1.807) is 0 Å². The van der Waals surface area contributed by atoms with Crippen molar-refractivity contribution < 1.29 is 4.74 Å². The molecule has 0 saturated carbocycles. The van der Waals surface area contributed by atoms with Crippen LogP contribution in [0, 0.1) is 0 Å². The van der Waals surface area contributed by atoms with E-state index in [0.29, 0.717) is 5.88 Å². The van der Waals surface area contributed by atoms with Gasteiger partial charge in [0.05, 0.1) is 5.88 Å². The molecule has 0 N–H and O–H groups in total. The smallest absolute Gasteiger partial charge is 0.131 e. The Labute approximate surface area is 121 Å². The first-order valence-corrected chi connectivity index (χ1v) is 7.17. The summed E-state index contributed by atoms with van der Waals surface area (Å²) < 4.78 is 6.86. The summed E-state index contributed by atoms with van der Waals surface area (Å²) in [7, 11) is 0. The summed E-state index contributed by atoms with van der Waals surface area (Å²) in [6, 6.07) is 14.0. The molecule has 0 aliphatic rings. The Balaban J connectivity index is 2.22. The summed E-state index contributed by atoms with van der Waals surface area (Å²) in [4.78, 5) is 0. The zero-order valence-corrected chi connectivity index (χ0v) is 12.5. The third-order valence-corrected chi connectivity index (χ3v) is 3.51. The third-order valence-electron chi connectivity index (χ3n) is 2.73. The lowest BCUT2D eigenvalue weighted by molar-refractivity contribution is 0.478. The van der Waals surface area contributed by atoms with E-state index in [4.69, 9.17) is 16.3 Å². The van der Waals surface area contributed by atoms with Crippen molar-refractivity contribution >= 4 is 27.5 Å². The largest absolute Gasteiger partial charge is 0.457 e. The first kappa shape index (κ1) is 13.4. The molecule has 0 atom stereocenters. The topological polar surface area (TPSA) is 9.23 Å². The average molecular weight is 326 g/mol. The first-order chi connectivity index (χ1) is 8.72. The van der Waals surface area contributed by atoms with E-state index in [0.717, 1.165) is 28.0 Å². The van der Waals surface area contributed by atoms with Crippen molar-refractivity contribution in [1.82, 2.24) is 0 Å². The third kappa shape index (κ3) is 3.27. The van der Waals surface area contributed by atoms with E-state index >= 15 is 0 Å². The molecule has 0 aliphatic carbocycles. The number of hydrogen-bond donors (Lipinski definition) is 0. The van der Waals surface area contributed by atoms with Crippen LogP contribution in [0.5, 0.6) is 11.5 Å². The molecule has 0 radical (unpaired) electrons. The van der Waals surface area contributed by atoms with Gasteiger partial charge in [-0.1, -0.05) is 35.0 Å². The Bertz CT molecular complexity index is 523. The standard InChI is InChI=1S/C15H14BrClO/c1-2-11-3-6-14(7-4-11)18-15-8-5-13(16)9-12(15)10-17/h3-9H,2,10H2,1H3. The summed E-state index contributed by atoms with van der Waals surface area (Å²) in [5, 5.41) is 0. The second kappa shape index (κ2) is 6.26. The van der Waals surface area contributed by atoms with Crippen LogP contribution < -0.4 is 4.74 Å². The van der Waals surface area contributed by atoms with E-state index in [2.05, 4.69) is 35.0 Å². The fraction of sp³-hybridized carbons (Fsp3) is 0.200. The molecule has 3 heteroatoms. The van der Waals surface area contributed by atoms with E-state index < -0.39 is 0 Å². The van der Waals surface area contributed by atoms with Gasteiger partial charge < -0.3 is 4.74 Å². The fourth-order valence-electron chi connectivity index (χ4n) is 1.67. The van der Waals surface area contributed by atoms with Gasteiger partial charge in [-0.15, -0.1) is 11.6 Å². The maximum atomic E-state index is 5.92. The van der Waals surface area contributed by atoms with Gasteiger partial charge in [-0.2, -0.15) is 0 Å². The van der Waals surface area contributed by atoms with Crippen LogP contribution >= 0.6 is 27.5 Å². The lowest BCUT2D eigenvalue weighted by Crippen LogP contribution is -1.90. The van der Waals surface area contributed by atoms with Gasteiger partial charge in [-0.05, 0) is 42.3 Å². The lowest BCUT2D eigenvalue weighted by Gasteiger charge is -2.10. The Morgan fingerprint density at radius 3 is 2.44 bits per heavy atom. The van der Waals surface area contributed by atoms with E-state index in [9.17, 15) is 0 Å². The maximum absolute atomic E-state index is 5.92. The normalized spacial score (nSPS) is 10.4. The van der Waals surface area contributed by atoms with Crippen LogP contribution in [0.1, 0.15) is 18.1 Å². The minimum Gasteiger partial charge on any atom is -0.457 e. The van der Waals surface area contributed by atoms with Crippen molar-refractivity contribution in [3.63, 3.8) is 0 Å². The maximum Gasteiger partial charge on any atom is 0.131 e. The minimum absolute atomic E-state index is 0.432. The molecule has 18 heavy (non-hydrogen) atoms. The predicted molar refractivity (Wildman–Crippen MR) is 79.6 cm³/mol. The molecule has 1 nitrogen and oxygen atoms in total. The van der Waals surface area contributed by atoms with E-state index in [1.165, 1.54) is 5.56 Å². The summed E-state index contributed by atoms with van der Waals surface area (Å²) >= 11 is 9.34. The number of aryl methyl sites for hydroxylation is 1. The molecule has 0 aliphatic heterocycles. The number of alkyl halides is 1. The molecule has 0 bridgehead atoms. The highest BCUT2D eigenvalue weighted by molar-refractivity contribution is 9.10. The second-order valence-electron chi connectivity index (χ2n) is 3.99. The number of rotatable bonds is 4. The molecule has 2 rings (SSSR count). The fourth-order valence-corrected chi connectivity index (χ4v) is 2.29. The van der Waals surface area contributed by atoms with E-state index in [-0.39, 0.29) is 0 Å². The summed E-state index contributed by atoms with van der Waals surface area (Å²) in [5.74, 6) is 2.07. The van der Waals surface area contributed by atoms with Gasteiger partial charge in [0, 0.05) is 10.0 Å². The Hall–Kier alpha value is -0.990. The number of halogens is 2. The molecule has 0 heterocycles. The van der Waals surface area contributed by atoms with Gasteiger partial charge >= 0.3 is 0 Å². The summed E-state index contributed by atoms with van der Waals surface area (Å²) in [6.45, 7) is 2.14. The second-order valence-corrected chi connectivity index (χ2v) is 5.17. The predicted octanol–water partition coefficient (Wildman–Crippen LogP) is 5.54. The van der Waals surface area contributed by atoms with Crippen LogP contribution in [-0.4, -0.2) is 0 Å². The van der Waals surface area contributed by atoms with Crippen LogP contribution in [0.15, 0.2) is 46.9 Å². The molecular formula is C15H14BrClO.